The van der Waals surface area contributed by atoms with Crippen LogP contribution in [-0.4, -0.2) is 5.11 Å². The third-order valence-electron chi connectivity index (χ3n) is 3.32. The van der Waals surface area contributed by atoms with Crippen molar-refractivity contribution in [2.75, 3.05) is 0 Å². The number of aliphatic hydroxyl groups excluding tert-OH is 1. The molecule has 2 heteroatoms. The summed E-state index contributed by atoms with van der Waals surface area (Å²) in [5.41, 5.74) is 1.03. The van der Waals surface area contributed by atoms with Gasteiger partial charge in [0.15, 0.2) is 0 Å². The molecule has 1 nitrogen and oxygen atoms in total. The average molecular weight is 252 g/mol. The predicted molar refractivity (Wildman–Crippen MR) is 74.4 cm³/mol. The van der Waals surface area contributed by atoms with Crippen molar-refractivity contribution in [3.8, 4) is 0 Å². The highest BCUT2D eigenvalue weighted by Crippen LogP contribution is 2.29. The minimum atomic E-state index is -0.952. The first-order valence-corrected chi connectivity index (χ1v) is 6.17. The van der Waals surface area contributed by atoms with Gasteiger partial charge in [0.1, 0.15) is 11.9 Å². The van der Waals surface area contributed by atoms with Crippen molar-refractivity contribution in [2.45, 2.75) is 6.10 Å². The lowest BCUT2D eigenvalue weighted by atomic mass is 9.96. The fraction of sp³-hybridized carbons (Fsp3) is 0.0588. The Hall–Kier alpha value is -2.19. The van der Waals surface area contributed by atoms with Gasteiger partial charge in [-0.1, -0.05) is 60.7 Å². The Balaban J connectivity index is 2.17. The minimum absolute atomic E-state index is 0.304. The van der Waals surface area contributed by atoms with Crippen LogP contribution in [0.25, 0.3) is 10.8 Å². The van der Waals surface area contributed by atoms with E-state index in [0.29, 0.717) is 5.56 Å². The molecule has 0 aliphatic rings. The zero-order valence-corrected chi connectivity index (χ0v) is 10.3. The van der Waals surface area contributed by atoms with Crippen LogP contribution in [0.2, 0.25) is 0 Å². The van der Waals surface area contributed by atoms with Crippen molar-refractivity contribution in [3.63, 3.8) is 0 Å². The second-order valence-electron chi connectivity index (χ2n) is 4.49. The van der Waals surface area contributed by atoms with E-state index >= 15 is 0 Å². The Bertz CT molecular complexity index is 716. The Morgan fingerprint density at radius 3 is 2.21 bits per heavy atom. The number of aliphatic hydroxyl groups is 1. The van der Waals surface area contributed by atoms with Gasteiger partial charge in [0, 0.05) is 5.56 Å². The van der Waals surface area contributed by atoms with E-state index in [0.717, 1.165) is 16.3 Å². The van der Waals surface area contributed by atoms with Crippen molar-refractivity contribution >= 4 is 10.8 Å². The predicted octanol–water partition coefficient (Wildman–Crippen LogP) is 4.06. The van der Waals surface area contributed by atoms with E-state index in [2.05, 4.69) is 0 Å². The molecular weight excluding hydrogens is 239 g/mol. The van der Waals surface area contributed by atoms with Crippen LogP contribution in [0, 0.1) is 5.82 Å². The first kappa shape index (κ1) is 11.9. The molecule has 1 atom stereocenters. The van der Waals surface area contributed by atoms with Gasteiger partial charge < -0.3 is 5.11 Å². The first-order chi connectivity index (χ1) is 9.27. The molecule has 1 unspecified atom stereocenters. The van der Waals surface area contributed by atoms with Crippen LogP contribution in [0.15, 0.2) is 66.7 Å². The number of fused-ring (bicyclic) bond motifs is 1. The van der Waals surface area contributed by atoms with Gasteiger partial charge in [-0.25, -0.2) is 4.39 Å². The molecule has 3 aromatic rings. The summed E-state index contributed by atoms with van der Waals surface area (Å²) in [6.45, 7) is 0. The largest absolute Gasteiger partial charge is 0.384 e. The lowest BCUT2D eigenvalue weighted by Gasteiger charge is -2.14. The molecule has 19 heavy (non-hydrogen) atoms. The molecule has 94 valence electrons. The summed E-state index contributed by atoms with van der Waals surface area (Å²) < 4.78 is 13.8. The molecule has 1 N–H and O–H groups in total. The van der Waals surface area contributed by atoms with Crippen molar-refractivity contribution in [2.24, 2.45) is 0 Å². The van der Waals surface area contributed by atoms with Crippen LogP contribution in [0.1, 0.15) is 17.2 Å². The van der Waals surface area contributed by atoms with Gasteiger partial charge >= 0.3 is 0 Å². The molecule has 0 heterocycles. The molecule has 0 aromatic heterocycles. The molecular formula is C17H13FO. The highest BCUT2D eigenvalue weighted by Gasteiger charge is 2.16. The second-order valence-corrected chi connectivity index (χ2v) is 4.49. The molecule has 3 aromatic carbocycles. The van der Waals surface area contributed by atoms with E-state index in [9.17, 15) is 9.50 Å². The Labute approximate surface area is 110 Å². The number of halogens is 1. The van der Waals surface area contributed by atoms with Gasteiger partial charge in [0.25, 0.3) is 0 Å². The van der Waals surface area contributed by atoms with Crippen LogP contribution in [0.3, 0.4) is 0 Å². The lowest BCUT2D eigenvalue weighted by molar-refractivity contribution is 0.216. The van der Waals surface area contributed by atoms with E-state index in [1.165, 1.54) is 6.07 Å². The highest BCUT2D eigenvalue weighted by atomic mass is 19.1. The summed E-state index contributed by atoms with van der Waals surface area (Å²) in [7, 11) is 0. The van der Waals surface area contributed by atoms with Crippen LogP contribution in [0.5, 0.6) is 0 Å². The fourth-order valence-corrected chi connectivity index (χ4v) is 2.35. The monoisotopic (exact) mass is 252 g/mol. The van der Waals surface area contributed by atoms with Crippen molar-refractivity contribution in [1.82, 2.24) is 0 Å². The van der Waals surface area contributed by atoms with Crippen molar-refractivity contribution in [3.05, 3.63) is 83.7 Å². The van der Waals surface area contributed by atoms with Gasteiger partial charge in [-0.2, -0.15) is 0 Å². The average Bonchev–Trinajstić information content (AvgIpc) is 2.46. The van der Waals surface area contributed by atoms with E-state index in [1.54, 1.807) is 18.2 Å². The molecule has 0 saturated heterocycles. The van der Waals surface area contributed by atoms with E-state index < -0.39 is 6.10 Å². The molecule has 0 amide bonds. The minimum Gasteiger partial charge on any atom is -0.384 e. The maximum absolute atomic E-state index is 13.8. The molecule has 0 saturated carbocycles. The highest BCUT2D eigenvalue weighted by molar-refractivity contribution is 5.86. The maximum atomic E-state index is 13.8. The molecule has 0 fully saturated rings. The lowest BCUT2D eigenvalue weighted by Crippen LogP contribution is -2.03. The van der Waals surface area contributed by atoms with E-state index in [1.807, 2.05) is 42.5 Å². The fourth-order valence-electron chi connectivity index (χ4n) is 2.35. The zero-order chi connectivity index (χ0) is 13.2. The smallest absolute Gasteiger partial charge is 0.129 e. The molecule has 3 rings (SSSR count). The van der Waals surface area contributed by atoms with Gasteiger partial charge in [0.2, 0.25) is 0 Å². The summed E-state index contributed by atoms with van der Waals surface area (Å²) in [6.07, 6.45) is -0.952. The summed E-state index contributed by atoms with van der Waals surface area (Å²) in [4.78, 5) is 0. The summed E-state index contributed by atoms with van der Waals surface area (Å²) in [5.74, 6) is -0.386. The second kappa shape index (κ2) is 4.82. The van der Waals surface area contributed by atoms with E-state index in [-0.39, 0.29) is 5.82 Å². The van der Waals surface area contributed by atoms with Gasteiger partial charge in [-0.15, -0.1) is 0 Å². The van der Waals surface area contributed by atoms with Gasteiger partial charge in [-0.3, -0.25) is 0 Å². The maximum Gasteiger partial charge on any atom is 0.129 e. The van der Waals surface area contributed by atoms with E-state index in [4.69, 9.17) is 0 Å². The Morgan fingerprint density at radius 2 is 1.37 bits per heavy atom. The van der Waals surface area contributed by atoms with Gasteiger partial charge in [-0.05, 0) is 22.4 Å². The number of hydrogen-bond acceptors (Lipinski definition) is 1. The third kappa shape index (κ3) is 2.11. The van der Waals surface area contributed by atoms with Crippen LogP contribution in [-0.2, 0) is 0 Å². The molecule has 0 aliphatic carbocycles. The molecule has 0 radical (unpaired) electrons. The Kier molecular flexibility index (Phi) is 3.02. The molecule has 0 aliphatic heterocycles. The van der Waals surface area contributed by atoms with Gasteiger partial charge in [0.05, 0.1) is 0 Å². The van der Waals surface area contributed by atoms with Crippen molar-refractivity contribution in [1.29, 1.82) is 0 Å². The number of benzene rings is 3. The van der Waals surface area contributed by atoms with Crippen LogP contribution in [0.4, 0.5) is 4.39 Å². The molecule has 0 bridgehead atoms. The Morgan fingerprint density at radius 1 is 0.737 bits per heavy atom. The standard InChI is InChI=1S/C17H13FO/c18-16-11-4-3-9-15(16)17(19)14-10-5-7-12-6-1-2-8-13(12)14/h1-11,17,19H. The number of hydrogen-bond donors (Lipinski definition) is 1. The van der Waals surface area contributed by atoms with Crippen LogP contribution >= 0.6 is 0 Å². The summed E-state index contributed by atoms with van der Waals surface area (Å²) >= 11 is 0. The van der Waals surface area contributed by atoms with Crippen LogP contribution < -0.4 is 0 Å². The normalized spacial score (nSPS) is 12.5. The summed E-state index contributed by atoms with van der Waals surface area (Å²) in [6, 6.07) is 19.8. The SMILES string of the molecule is OC(c1ccccc1F)c1cccc2ccccc12. The topological polar surface area (TPSA) is 20.2 Å². The first-order valence-electron chi connectivity index (χ1n) is 6.17. The number of rotatable bonds is 2. The quantitative estimate of drug-likeness (QED) is 0.729. The van der Waals surface area contributed by atoms with Crippen molar-refractivity contribution < 1.29 is 9.50 Å². The zero-order valence-electron chi connectivity index (χ0n) is 10.3. The molecule has 0 spiro atoms. The third-order valence-corrected chi connectivity index (χ3v) is 3.32. The summed E-state index contributed by atoms with van der Waals surface area (Å²) in [5, 5.41) is 12.4.